The molecule has 2 aliphatic carbocycles. The maximum absolute atomic E-state index is 10.3. The largest absolute Gasteiger partial charge is 0.508 e. The zero-order valence-electron chi connectivity index (χ0n) is 15.6. The molecule has 0 fully saturated rings. The molecular formula is C22H26O3. The van der Waals surface area contributed by atoms with E-state index in [0.29, 0.717) is 5.75 Å². The lowest BCUT2D eigenvalue weighted by atomic mass is 9.72. The average Bonchev–Trinajstić information content (AvgIpc) is 2.82. The Labute approximate surface area is 149 Å². The van der Waals surface area contributed by atoms with Crippen molar-refractivity contribution in [1.29, 1.82) is 0 Å². The lowest BCUT2D eigenvalue weighted by Gasteiger charge is -2.30. The minimum Gasteiger partial charge on any atom is -0.508 e. The van der Waals surface area contributed by atoms with Crippen molar-refractivity contribution in [1.82, 2.24) is 0 Å². The molecule has 0 amide bonds. The Hall–Kier alpha value is -2.16. The monoisotopic (exact) mass is 338 g/mol. The standard InChI is InChI=1S/C22H26O3/c1-12-6-15-13(7-17(12)23)20(2,3)10-22(15)11-21(4,5)14-8-18(24)19(25)9-16(14)22/h6-9,23-25H,10-11H2,1-5H3. The first-order valence-corrected chi connectivity index (χ1v) is 8.89. The van der Waals surface area contributed by atoms with Crippen LogP contribution in [-0.4, -0.2) is 15.3 Å². The van der Waals surface area contributed by atoms with Crippen molar-refractivity contribution in [3.8, 4) is 17.2 Å². The van der Waals surface area contributed by atoms with Crippen molar-refractivity contribution in [2.75, 3.05) is 0 Å². The van der Waals surface area contributed by atoms with E-state index < -0.39 is 0 Å². The molecule has 0 saturated carbocycles. The van der Waals surface area contributed by atoms with Gasteiger partial charge in [-0.25, -0.2) is 0 Å². The first-order valence-electron chi connectivity index (χ1n) is 8.89. The van der Waals surface area contributed by atoms with E-state index in [1.807, 2.05) is 13.0 Å². The molecule has 4 rings (SSSR count). The van der Waals surface area contributed by atoms with E-state index >= 15 is 0 Å². The van der Waals surface area contributed by atoms with E-state index in [1.165, 1.54) is 11.1 Å². The Morgan fingerprint density at radius 2 is 1.04 bits per heavy atom. The second-order valence-corrected chi connectivity index (χ2v) is 9.27. The van der Waals surface area contributed by atoms with Crippen LogP contribution in [0.2, 0.25) is 0 Å². The normalized spacial score (nSPS) is 25.2. The number of phenols is 3. The molecule has 1 spiro atoms. The fraction of sp³-hybridized carbons (Fsp3) is 0.455. The summed E-state index contributed by atoms with van der Waals surface area (Å²) < 4.78 is 0. The van der Waals surface area contributed by atoms with E-state index in [9.17, 15) is 15.3 Å². The molecule has 3 N–H and O–H groups in total. The van der Waals surface area contributed by atoms with Gasteiger partial charge in [0.25, 0.3) is 0 Å². The maximum Gasteiger partial charge on any atom is 0.157 e. The van der Waals surface area contributed by atoms with E-state index in [1.54, 1.807) is 12.1 Å². The second kappa shape index (κ2) is 4.51. The summed E-state index contributed by atoms with van der Waals surface area (Å²) in [7, 11) is 0. The molecule has 2 aliphatic rings. The number of hydrogen-bond donors (Lipinski definition) is 3. The fourth-order valence-electron chi connectivity index (χ4n) is 5.47. The molecule has 1 atom stereocenters. The molecule has 25 heavy (non-hydrogen) atoms. The number of fused-ring (bicyclic) bond motifs is 4. The molecular weight excluding hydrogens is 312 g/mol. The van der Waals surface area contributed by atoms with Crippen molar-refractivity contribution in [2.45, 2.75) is 63.7 Å². The number of aromatic hydroxyl groups is 3. The lowest BCUT2D eigenvalue weighted by molar-refractivity contribution is 0.349. The molecule has 132 valence electrons. The summed E-state index contributed by atoms with van der Waals surface area (Å²) in [5.74, 6) is 0.232. The second-order valence-electron chi connectivity index (χ2n) is 9.27. The van der Waals surface area contributed by atoms with Gasteiger partial charge in [0.15, 0.2) is 11.5 Å². The number of rotatable bonds is 0. The minimum absolute atomic E-state index is 0.0526. The maximum atomic E-state index is 10.3. The minimum atomic E-state index is -0.193. The topological polar surface area (TPSA) is 60.7 Å². The molecule has 0 saturated heterocycles. The van der Waals surface area contributed by atoms with E-state index in [2.05, 4.69) is 33.8 Å². The van der Waals surface area contributed by atoms with Crippen LogP contribution in [0.15, 0.2) is 24.3 Å². The van der Waals surface area contributed by atoms with Gasteiger partial charge in [-0.3, -0.25) is 0 Å². The third-order valence-electron chi connectivity index (χ3n) is 6.43. The Morgan fingerprint density at radius 3 is 1.56 bits per heavy atom. The number of phenolic OH excluding ortho intramolecular Hbond substituents is 3. The van der Waals surface area contributed by atoms with E-state index in [4.69, 9.17) is 0 Å². The molecule has 2 aromatic carbocycles. The van der Waals surface area contributed by atoms with Gasteiger partial charge in [-0.15, -0.1) is 0 Å². The quantitative estimate of drug-likeness (QED) is 0.607. The predicted octanol–water partition coefficient (Wildman–Crippen LogP) is 4.76. The fourth-order valence-corrected chi connectivity index (χ4v) is 5.47. The zero-order valence-corrected chi connectivity index (χ0v) is 15.6. The molecule has 0 aliphatic heterocycles. The highest BCUT2D eigenvalue weighted by Crippen LogP contribution is 2.64. The van der Waals surface area contributed by atoms with Gasteiger partial charge in [-0.05, 0) is 76.6 Å². The zero-order chi connectivity index (χ0) is 18.4. The van der Waals surface area contributed by atoms with Gasteiger partial charge in [0.05, 0.1) is 0 Å². The Balaban J connectivity index is 2.07. The van der Waals surface area contributed by atoms with Gasteiger partial charge >= 0.3 is 0 Å². The van der Waals surface area contributed by atoms with E-state index in [-0.39, 0.29) is 27.7 Å². The predicted molar refractivity (Wildman–Crippen MR) is 98.7 cm³/mol. The molecule has 3 heteroatoms. The van der Waals surface area contributed by atoms with Crippen molar-refractivity contribution >= 4 is 0 Å². The summed E-state index contributed by atoms with van der Waals surface area (Å²) >= 11 is 0. The van der Waals surface area contributed by atoms with Gasteiger partial charge in [0.1, 0.15) is 5.75 Å². The highest BCUT2D eigenvalue weighted by molar-refractivity contribution is 5.64. The third-order valence-corrected chi connectivity index (χ3v) is 6.43. The molecule has 0 heterocycles. The summed E-state index contributed by atoms with van der Waals surface area (Å²) in [6.07, 6.45) is 1.86. The molecule has 1 unspecified atom stereocenters. The Morgan fingerprint density at radius 1 is 0.640 bits per heavy atom. The van der Waals surface area contributed by atoms with Crippen LogP contribution in [0.1, 0.15) is 68.4 Å². The summed E-state index contributed by atoms with van der Waals surface area (Å²) in [6, 6.07) is 7.53. The third kappa shape index (κ3) is 1.98. The highest BCUT2D eigenvalue weighted by Gasteiger charge is 2.56. The Bertz CT molecular complexity index is 830. The van der Waals surface area contributed by atoms with Gasteiger partial charge in [-0.1, -0.05) is 33.8 Å². The van der Waals surface area contributed by atoms with Crippen LogP contribution in [0, 0.1) is 6.92 Å². The summed E-state index contributed by atoms with van der Waals surface area (Å²) in [5, 5.41) is 30.5. The first-order chi connectivity index (χ1) is 11.5. The van der Waals surface area contributed by atoms with Crippen LogP contribution in [-0.2, 0) is 16.2 Å². The highest BCUT2D eigenvalue weighted by atomic mass is 16.3. The van der Waals surface area contributed by atoms with Crippen LogP contribution in [0.25, 0.3) is 0 Å². The number of hydrogen-bond acceptors (Lipinski definition) is 3. The van der Waals surface area contributed by atoms with Crippen LogP contribution < -0.4 is 0 Å². The SMILES string of the molecule is Cc1cc2c(cc1O)C(C)(C)CC21CC(C)(C)c2cc(O)c(O)cc21. The first kappa shape index (κ1) is 16.3. The van der Waals surface area contributed by atoms with Crippen molar-refractivity contribution in [2.24, 2.45) is 0 Å². The van der Waals surface area contributed by atoms with Gasteiger partial charge in [0, 0.05) is 5.41 Å². The van der Waals surface area contributed by atoms with Gasteiger partial charge in [0.2, 0.25) is 0 Å². The average molecular weight is 338 g/mol. The number of aryl methyl sites for hydroxylation is 1. The van der Waals surface area contributed by atoms with Crippen LogP contribution in [0.4, 0.5) is 0 Å². The lowest BCUT2D eigenvalue weighted by Crippen LogP contribution is -2.27. The molecule has 3 nitrogen and oxygen atoms in total. The Kier molecular flexibility index (Phi) is 2.95. The summed E-state index contributed by atoms with van der Waals surface area (Å²) in [6.45, 7) is 10.8. The van der Waals surface area contributed by atoms with Gasteiger partial charge in [-0.2, -0.15) is 0 Å². The smallest absolute Gasteiger partial charge is 0.157 e. The van der Waals surface area contributed by atoms with Crippen LogP contribution >= 0.6 is 0 Å². The van der Waals surface area contributed by atoms with Crippen molar-refractivity contribution in [3.63, 3.8) is 0 Å². The summed E-state index contributed by atoms with van der Waals surface area (Å²) in [4.78, 5) is 0. The molecule has 2 aromatic rings. The molecule has 0 aromatic heterocycles. The molecule has 0 radical (unpaired) electrons. The van der Waals surface area contributed by atoms with Gasteiger partial charge < -0.3 is 15.3 Å². The van der Waals surface area contributed by atoms with E-state index in [0.717, 1.165) is 29.5 Å². The van der Waals surface area contributed by atoms with Crippen LogP contribution in [0.3, 0.4) is 0 Å². The summed E-state index contributed by atoms with van der Waals surface area (Å²) in [5.41, 5.74) is 5.19. The van der Waals surface area contributed by atoms with Crippen LogP contribution in [0.5, 0.6) is 17.2 Å². The van der Waals surface area contributed by atoms with Crippen molar-refractivity contribution < 1.29 is 15.3 Å². The number of benzene rings is 2. The van der Waals surface area contributed by atoms with Crippen molar-refractivity contribution in [3.05, 3.63) is 52.1 Å². The molecule has 0 bridgehead atoms.